The average molecular weight is 289 g/mol. The molecule has 1 rings (SSSR count). The third-order valence-electron chi connectivity index (χ3n) is 2.70. The summed E-state index contributed by atoms with van der Waals surface area (Å²) in [6, 6.07) is 2.12. The number of hydrogen-bond acceptors (Lipinski definition) is 4. The van der Waals surface area contributed by atoms with Crippen LogP contribution < -0.4 is 14.2 Å². The molecular weight excluding hydrogens is 272 g/mol. The zero-order chi connectivity index (χ0) is 15.5. The zero-order valence-corrected chi connectivity index (χ0v) is 12.0. The van der Waals surface area contributed by atoms with E-state index in [0.29, 0.717) is 0 Å². The lowest BCUT2D eigenvalue weighted by Crippen LogP contribution is -2.37. The van der Waals surface area contributed by atoms with Crippen molar-refractivity contribution in [3.8, 4) is 17.2 Å². The lowest BCUT2D eigenvalue weighted by atomic mass is 10.1. The van der Waals surface area contributed by atoms with Crippen molar-refractivity contribution in [3.05, 3.63) is 17.7 Å². The van der Waals surface area contributed by atoms with Crippen LogP contribution in [0, 0.1) is 0 Å². The molecule has 7 heteroatoms. The second-order valence-electron chi connectivity index (χ2n) is 4.19. The number of likely N-dealkylation sites (N-methyl/N-ethyl adjacent to an activating group) is 1. The molecule has 0 bridgehead atoms. The van der Waals surface area contributed by atoms with Gasteiger partial charge in [0.2, 0.25) is 5.75 Å². The molecule has 0 aliphatic heterocycles. The molecule has 0 aliphatic rings. The van der Waals surface area contributed by atoms with E-state index in [1.54, 1.807) is 0 Å². The number of rotatable bonds is 5. The van der Waals surface area contributed by atoms with E-state index in [2.05, 4.69) is 0 Å². The average Bonchev–Trinajstić information content (AvgIpc) is 2.44. The van der Waals surface area contributed by atoms with E-state index in [1.165, 1.54) is 35.4 Å². The molecule has 1 aromatic carbocycles. The Morgan fingerprint density at radius 3 is 1.80 bits per heavy atom. The number of benzene rings is 1. The van der Waals surface area contributed by atoms with Gasteiger partial charge in [0.25, 0.3) is 5.91 Å². The Bertz CT molecular complexity index is 478. The van der Waals surface area contributed by atoms with Gasteiger partial charge in [-0.2, -0.15) is 8.78 Å². The smallest absolute Gasteiger partial charge is 0.350 e. The third-order valence-corrected chi connectivity index (χ3v) is 2.70. The van der Waals surface area contributed by atoms with Crippen molar-refractivity contribution in [3.63, 3.8) is 0 Å². The van der Waals surface area contributed by atoms with Crippen LogP contribution in [-0.4, -0.2) is 46.2 Å². The molecule has 0 radical (unpaired) electrons. The number of nitrogens with zero attached hydrogens (tertiary/aromatic N) is 1. The minimum Gasteiger partial charge on any atom is -0.493 e. The van der Waals surface area contributed by atoms with Crippen LogP contribution in [-0.2, 0) is 10.7 Å². The molecule has 0 saturated carbocycles. The fraction of sp³-hybridized carbons (Fsp3) is 0.462. The van der Waals surface area contributed by atoms with E-state index in [4.69, 9.17) is 14.2 Å². The van der Waals surface area contributed by atoms with Crippen LogP contribution in [0.1, 0.15) is 5.56 Å². The normalized spacial score (nSPS) is 10.9. The minimum atomic E-state index is -3.68. The van der Waals surface area contributed by atoms with E-state index in [1.807, 2.05) is 0 Å². The molecule has 0 spiro atoms. The summed E-state index contributed by atoms with van der Waals surface area (Å²) >= 11 is 0. The van der Waals surface area contributed by atoms with Crippen molar-refractivity contribution in [2.75, 3.05) is 35.4 Å². The van der Waals surface area contributed by atoms with E-state index in [-0.39, 0.29) is 17.2 Å². The van der Waals surface area contributed by atoms with Gasteiger partial charge in [-0.05, 0) is 12.1 Å². The lowest BCUT2D eigenvalue weighted by molar-refractivity contribution is -0.156. The number of carbonyl (C=O) groups excluding carboxylic acids is 1. The molecule has 0 aromatic heterocycles. The standard InChI is InChI=1S/C13H17F2NO4/c1-16(2)12(17)13(14,15)8-6-9(18-3)11(20-5)10(7-8)19-4/h6-7H,1-5H3. The Morgan fingerprint density at radius 1 is 1.05 bits per heavy atom. The summed E-state index contributed by atoms with van der Waals surface area (Å²) in [6.07, 6.45) is 0. The Kier molecular flexibility index (Phi) is 4.75. The van der Waals surface area contributed by atoms with Crippen molar-refractivity contribution >= 4 is 5.91 Å². The van der Waals surface area contributed by atoms with E-state index >= 15 is 0 Å². The topological polar surface area (TPSA) is 48.0 Å². The summed E-state index contributed by atoms with van der Waals surface area (Å²) in [5, 5.41) is 0. The van der Waals surface area contributed by atoms with Crippen LogP contribution in [0.3, 0.4) is 0 Å². The van der Waals surface area contributed by atoms with Crippen molar-refractivity contribution in [1.82, 2.24) is 4.90 Å². The molecule has 5 nitrogen and oxygen atoms in total. The number of hydrogen-bond donors (Lipinski definition) is 0. The summed E-state index contributed by atoms with van der Waals surface area (Å²) in [7, 11) is 6.51. The first kappa shape index (κ1) is 16.0. The van der Waals surface area contributed by atoms with Crippen LogP contribution >= 0.6 is 0 Å². The fourth-order valence-electron chi connectivity index (χ4n) is 1.67. The van der Waals surface area contributed by atoms with Gasteiger partial charge in [-0.15, -0.1) is 0 Å². The highest BCUT2D eigenvalue weighted by Gasteiger charge is 2.43. The first-order valence-electron chi connectivity index (χ1n) is 5.69. The van der Waals surface area contributed by atoms with Crippen LogP contribution in [0.5, 0.6) is 17.2 Å². The van der Waals surface area contributed by atoms with Gasteiger partial charge in [0.05, 0.1) is 21.3 Å². The Hall–Kier alpha value is -2.05. The van der Waals surface area contributed by atoms with Gasteiger partial charge in [-0.25, -0.2) is 0 Å². The molecule has 0 heterocycles. The molecule has 0 unspecified atom stereocenters. The van der Waals surface area contributed by atoms with Crippen molar-refractivity contribution in [2.24, 2.45) is 0 Å². The summed E-state index contributed by atoms with van der Waals surface area (Å²) in [5.74, 6) is -4.70. The molecule has 20 heavy (non-hydrogen) atoms. The van der Waals surface area contributed by atoms with E-state index in [0.717, 1.165) is 17.0 Å². The van der Waals surface area contributed by atoms with Gasteiger partial charge in [0.1, 0.15) is 0 Å². The maximum absolute atomic E-state index is 14.1. The highest BCUT2D eigenvalue weighted by atomic mass is 19.3. The molecule has 1 amide bonds. The minimum absolute atomic E-state index is 0.0630. The lowest BCUT2D eigenvalue weighted by Gasteiger charge is -2.22. The predicted octanol–water partition coefficient (Wildman–Crippen LogP) is 1.89. The largest absolute Gasteiger partial charge is 0.493 e. The summed E-state index contributed by atoms with van der Waals surface area (Å²) < 4.78 is 43.3. The number of methoxy groups -OCH3 is 3. The SMILES string of the molecule is COc1cc(C(F)(F)C(=O)N(C)C)cc(OC)c1OC. The second kappa shape index (κ2) is 5.94. The van der Waals surface area contributed by atoms with Gasteiger partial charge in [-0.1, -0.05) is 0 Å². The van der Waals surface area contributed by atoms with E-state index in [9.17, 15) is 13.6 Å². The van der Waals surface area contributed by atoms with E-state index < -0.39 is 17.4 Å². The number of amides is 1. The molecular formula is C13H17F2NO4. The summed E-state index contributed by atoms with van der Waals surface area (Å²) in [5.41, 5.74) is -0.522. The highest BCUT2D eigenvalue weighted by molar-refractivity contribution is 5.85. The molecule has 0 fully saturated rings. The molecule has 0 N–H and O–H groups in total. The van der Waals surface area contributed by atoms with Crippen LogP contribution in [0.2, 0.25) is 0 Å². The Balaban J connectivity index is 3.43. The molecule has 0 atom stereocenters. The molecule has 0 aliphatic carbocycles. The molecule has 1 aromatic rings. The maximum atomic E-state index is 14.1. The quantitative estimate of drug-likeness (QED) is 0.830. The number of carbonyl (C=O) groups is 1. The maximum Gasteiger partial charge on any atom is 0.350 e. The van der Waals surface area contributed by atoms with Gasteiger partial charge in [-0.3, -0.25) is 4.79 Å². The number of halogens is 2. The number of alkyl halides is 2. The van der Waals surface area contributed by atoms with Gasteiger partial charge < -0.3 is 19.1 Å². The Labute approximate surface area is 116 Å². The molecule has 112 valence electrons. The van der Waals surface area contributed by atoms with Gasteiger partial charge in [0.15, 0.2) is 11.5 Å². The van der Waals surface area contributed by atoms with Gasteiger partial charge >= 0.3 is 5.92 Å². The summed E-state index contributed by atoms with van der Waals surface area (Å²) in [6.45, 7) is 0. The van der Waals surface area contributed by atoms with Crippen molar-refractivity contribution < 1.29 is 27.8 Å². The highest BCUT2D eigenvalue weighted by Crippen LogP contribution is 2.42. The third kappa shape index (κ3) is 2.76. The van der Waals surface area contributed by atoms with Gasteiger partial charge in [0, 0.05) is 19.7 Å². The first-order chi connectivity index (χ1) is 9.29. The van der Waals surface area contributed by atoms with Crippen LogP contribution in [0.15, 0.2) is 12.1 Å². The monoisotopic (exact) mass is 289 g/mol. The fourth-order valence-corrected chi connectivity index (χ4v) is 1.67. The first-order valence-corrected chi connectivity index (χ1v) is 5.69. The van der Waals surface area contributed by atoms with Crippen LogP contribution in [0.25, 0.3) is 0 Å². The zero-order valence-electron chi connectivity index (χ0n) is 12.0. The molecule has 0 saturated heterocycles. The van der Waals surface area contributed by atoms with Crippen molar-refractivity contribution in [2.45, 2.75) is 5.92 Å². The summed E-state index contributed by atoms with van der Waals surface area (Å²) in [4.78, 5) is 12.4. The Morgan fingerprint density at radius 2 is 1.50 bits per heavy atom. The van der Waals surface area contributed by atoms with Crippen LogP contribution in [0.4, 0.5) is 8.78 Å². The number of ether oxygens (including phenoxy) is 3. The van der Waals surface area contributed by atoms with Crippen molar-refractivity contribution in [1.29, 1.82) is 0 Å². The predicted molar refractivity (Wildman–Crippen MR) is 68.7 cm³/mol. The second-order valence-corrected chi connectivity index (χ2v) is 4.19.